The number of benzene rings is 1. The van der Waals surface area contributed by atoms with Crippen molar-refractivity contribution in [3.05, 3.63) is 53.5 Å². The molecule has 140 valence electrons. The quantitative estimate of drug-likeness (QED) is 0.593. The highest BCUT2D eigenvalue weighted by Gasteiger charge is 2.17. The van der Waals surface area contributed by atoms with Crippen molar-refractivity contribution in [2.75, 3.05) is 19.6 Å². The van der Waals surface area contributed by atoms with Gasteiger partial charge in [0, 0.05) is 25.2 Å². The average Bonchev–Trinajstić information content (AvgIpc) is 3.13. The Labute approximate surface area is 152 Å². The van der Waals surface area contributed by atoms with E-state index >= 15 is 0 Å². The minimum atomic E-state index is -3.64. The highest BCUT2D eigenvalue weighted by atomic mass is 32.2. The number of nitrogens with one attached hydrogen (secondary N) is 3. The van der Waals surface area contributed by atoms with Crippen LogP contribution in [0.15, 0.2) is 45.9 Å². The predicted molar refractivity (Wildman–Crippen MR) is 95.4 cm³/mol. The molecular weight excluding hydrogens is 358 g/mol. The lowest BCUT2D eigenvalue weighted by Gasteiger charge is -2.11. The number of carbonyl (C=O) groups is 2. The smallest absolute Gasteiger partial charge is 0.287 e. The van der Waals surface area contributed by atoms with Crippen LogP contribution >= 0.6 is 0 Å². The van der Waals surface area contributed by atoms with Crippen LogP contribution in [0.5, 0.6) is 0 Å². The van der Waals surface area contributed by atoms with Crippen LogP contribution in [0.3, 0.4) is 0 Å². The molecule has 0 saturated carbocycles. The predicted octanol–water partition coefficient (Wildman–Crippen LogP) is 1.05. The first-order valence-electron chi connectivity index (χ1n) is 8.05. The maximum atomic E-state index is 12.3. The van der Waals surface area contributed by atoms with E-state index in [4.69, 9.17) is 4.42 Å². The molecule has 9 heteroatoms. The third-order valence-electron chi connectivity index (χ3n) is 3.54. The summed E-state index contributed by atoms with van der Waals surface area (Å²) in [6, 6.07) is 7.51. The van der Waals surface area contributed by atoms with E-state index in [1.165, 1.54) is 24.5 Å². The molecule has 0 fully saturated rings. The molecule has 0 atom stereocenters. The molecule has 3 N–H and O–H groups in total. The Balaban J connectivity index is 1.95. The van der Waals surface area contributed by atoms with Crippen molar-refractivity contribution in [1.29, 1.82) is 0 Å². The zero-order valence-electron chi connectivity index (χ0n) is 14.5. The van der Waals surface area contributed by atoms with Crippen LogP contribution in [0.1, 0.15) is 33.4 Å². The van der Waals surface area contributed by atoms with E-state index in [0.717, 1.165) is 0 Å². The first-order valence-corrected chi connectivity index (χ1v) is 9.53. The van der Waals surface area contributed by atoms with Crippen molar-refractivity contribution >= 4 is 21.8 Å². The van der Waals surface area contributed by atoms with Crippen LogP contribution in [0.25, 0.3) is 0 Å². The Hall–Kier alpha value is -2.65. The summed E-state index contributed by atoms with van der Waals surface area (Å²) in [4.78, 5) is 24.0. The van der Waals surface area contributed by atoms with Gasteiger partial charge in [0.1, 0.15) is 0 Å². The minimum absolute atomic E-state index is 0.0289. The average molecular weight is 379 g/mol. The molecule has 0 spiro atoms. The van der Waals surface area contributed by atoms with Crippen molar-refractivity contribution < 1.29 is 22.4 Å². The largest absolute Gasteiger partial charge is 0.459 e. The molecule has 0 aliphatic rings. The number of rotatable bonds is 8. The van der Waals surface area contributed by atoms with E-state index in [-0.39, 0.29) is 41.8 Å². The SMILES string of the molecule is CCNS(=O)(=O)c1ccc(C)c(C(=O)NCCNC(=O)c2ccco2)c1. The van der Waals surface area contributed by atoms with E-state index in [1.54, 1.807) is 26.0 Å². The maximum Gasteiger partial charge on any atom is 0.287 e. The van der Waals surface area contributed by atoms with Gasteiger partial charge in [-0.3, -0.25) is 9.59 Å². The van der Waals surface area contributed by atoms with Crippen LogP contribution in [0.4, 0.5) is 0 Å². The summed E-state index contributed by atoms with van der Waals surface area (Å²) in [5, 5.41) is 5.26. The molecule has 8 nitrogen and oxygen atoms in total. The fourth-order valence-electron chi connectivity index (χ4n) is 2.23. The van der Waals surface area contributed by atoms with Crippen LogP contribution in [0, 0.1) is 6.92 Å². The molecule has 2 rings (SSSR count). The number of amides is 2. The van der Waals surface area contributed by atoms with E-state index in [2.05, 4.69) is 15.4 Å². The topological polar surface area (TPSA) is 118 Å². The molecule has 2 amide bonds. The van der Waals surface area contributed by atoms with E-state index in [9.17, 15) is 18.0 Å². The highest BCUT2D eigenvalue weighted by molar-refractivity contribution is 7.89. The summed E-state index contributed by atoms with van der Waals surface area (Å²) in [7, 11) is -3.64. The number of carbonyl (C=O) groups excluding carboxylic acids is 2. The summed E-state index contributed by atoms with van der Waals surface area (Å²) in [6.45, 7) is 4.05. The lowest BCUT2D eigenvalue weighted by Crippen LogP contribution is -2.35. The second-order valence-corrected chi connectivity index (χ2v) is 7.23. The molecule has 0 aliphatic heterocycles. The Morgan fingerprint density at radius 2 is 1.77 bits per heavy atom. The number of furan rings is 1. The number of hydrogen-bond donors (Lipinski definition) is 3. The van der Waals surface area contributed by atoms with Crippen molar-refractivity contribution in [2.24, 2.45) is 0 Å². The van der Waals surface area contributed by atoms with Gasteiger partial charge in [-0.05, 0) is 36.8 Å². The molecule has 2 aromatic rings. The zero-order valence-corrected chi connectivity index (χ0v) is 15.4. The molecule has 0 unspecified atom stereocenters. The third kappa shape index (κ3) is 4.93. The first kappa shape index (κ1) is 19.7. The number of hydrogen-bond acceptors (Lipinski definition) is 5. The highest BCUT2D eigenvalue weighted by Crippen LogP contribution is 2.15. The number of sulfonamides is 1. The monoisotopic (exact) mass is 379 g/mol. The van der Waals surface area contributed by atoms with Crippen LogP contribution < -0.4 is 15.4 Å². The Bertz CT molecular complexity index is 876. The number of aryl methyl sites for hydroxylation is 1. The van der Waals surface area contributed by atoms with Crippen molar-refractivity contribution in [3.8, 4) is 0 Å². The van der Waals surface area contributed by atoms with Gasteiger partial charge in [-0.25, -0.2) is 13.1 Å². The fraction of sp³-hybridized carbons (Fsp3) is 0.294. The van der Waals surface area contributed by atoms with E-state index in [1.807, 2.05) is 0 Å². The minimum Gasteiger partial charge on any atom is -0.459 e. The lowest BCUT2D eigenvalue weighted by molar-refractivity contribution is 0.0910. The van der Waals surface area contributed by atoms with E-state index < -0.39 is 15.9 Å². The van der Waals surface area contributed by atoms with E-state index in [0.29, 0.717) is 5.56 Å². The van der Waals surface area contributed by atoms with Gasteiger partial charge in [-0.15, -0.1) is 0 Å². The molecule has 1 aromatic heterocycles. The molecule has 0 radical (unpaired) electrons. The first-order chi connectivity index (χ1) is 12.3. The summed E-state index contributed by atoms with van der Waals surface area (Å²) >= 11 is 0. The summed E-state index contributed by atoms with van der Waals surface area (Å²) in [6.07, 6.45) is 1.40. The maximum absolute atomic E-state index is 12.3. The summed E-state index contributed by atoms with van der Waals surface area (Å²) in [5.41, 5.74) is 0.916. The third-order valence-corrected chi connectivity index (χ3v) is 5.08. The molecule has 1 aromatic carbocycles. The second-order valence-electron chi connectivity index (χ2n) is 5.47. The van der Waals surface area contributed by atoms with Gasteiger partial charge in [0.2, 0.25) is 10.0 Å². The van der Waals surface area contributed by atoms with Crippen molar-refractivity contribution in [2.45, 2.75) is 18.7 Å². The zero-order chi connectivity index (χ0) is 19.2. The fourth-order valence-corrected chi connectivity index (χ4v) is 3.30. The van der Waals surface area contributed by atoms with Crippen molar-refractivity contribution in [3.63, 3.8) is 0 Å². The van der Waals surface area contributed by atoms with Gasteiger partial charge in [0.25, 0.3) is 11.8 Å². The summed E-state index contributed by atoms with van der Waals surface area (Å²) < 4.78 is 31.5. The Morgan fingerprint density at radius 3 is 2.38 bits per heavy atom. The molecule has 0 saturated heterocycles. The lowest BCUT2D eigenvalue weighted by atomic mass is 10.1. The molecule has 0 bridgehead atoms. The van der Waals surface area contributed by atoms with Gasteiger partial charge in [0.15, 0.2) is 5.76 Å². The van der Waals surface area contributed by atoms with Crippen molar-refractivity contribution in [1.82, 2.24) is 15.4 Å². The van der Waals surface area contributed by atoms with Crippen LogP contribution in [-0.2, 0) is 10.0 Å². The Kier molecular flexibility index (Phi) is 6.53. The Morgan fingerprint density at radius 1 is 1.08 bits per heavy atom. The van der Waals surface area contributed by atoms with Crippen LogP contribution in [0.2, 0.25) is 0 Å². The van der Waals surface area contributed by atoms with Gasteiger partial charge >= 0.3 is 0 Å². The van der Waals surface area contributed by atoms with Gasteiger partial charge in [-0.2, -0.15) is 0 Å². The standard InChI is InChI=1S/C17H21N3O5S/c1-3-20-26(23,24)13-7-6-12(2)14(11-13)16(21)18-8-9-19-17(22)15-5-4-10-25-15/h4-7,10-11,20H,3,8-9H2,1-2H3,(H,18,21)(H,19,22). The molecule has 26 heavy (non-hydrogen) atoms. The second kappa shape index (κ2) is 8.63. The van der Waals surface area contributed by atoms with Crippen LogP contribution in [-0.4, -0.2) is 39.9 Å². The van der Waals surface area contributed by atoms with Gasteiger partial charge < -0.3 is 15.1 Å². The summed E-state index contributed by atoms with van der Waals surface area (Å²) in [5.74, 6) is -0.601. The molecule has 0 aliphatic carbocycles. The van der Waals surface area contributed by atoms with Gasteiger partial charge in [-0.1, -0.05) is 13.0 Å². The van der Waals surface area contributed by atoms with Gasteiger partial charge in [0.05, 0.1) is 11.2 Å². The molecular formula is C17H21N3O5S. The normalized spacial score (nSPS) is 11.2. The molecule has 1 heterocycles.